The Bertz CT molecular complexity index is 110. The molecule has 0 unspecified atom stereocenters. The van der Waals surface area contributed by atoms with E-state index in [1.54, 1.807) is 0 Å². The summed E-state index contributed by atoms with van der Waals surface area (Å²) in [5.41, 5.74) is -0.280. The molecule has 0 N–H and O–H groups in total. The average Bonchev–Trinajstić information content (AvgIpc) is 1.89. The fraction of sp³-hybridized carbons (Fsp3) is 1.00. The van der Waals surface area contributed by atoms with Crippen molar-refractivity contribution < 1.29 is 9.22 Å². The third kappa shape index (κ3) is 1.47. The van der Waals surface area contributed by atoms with Crippen LogP contribution in [0.15, 0.2) is 0 Å². The first-order chi connectivity index (χ1) is 4.65. The third-order valence-electron chi connectivity index (χ3n) is 2.31. The minimum absolute atomic E-state index is 0.280. The number of rotatable bonds is 1. The van der Waals surface area contributed by atoms with E-state index in [2.05, 4.69) is 0 Å². The van der Waals surface area contributed by atoms with Crippen LogP contribution < -0.4 is 0 Å². The summed E-state index contributed by atoms with van der Waals surface area (Å²) in [4.78, 5) is 0. The number of hydrogen-bond donors (Lipinski definition) is 0. The molecule has 0 aromatic heterocycles. The highest BCUT2D eigenvalue weighted by molar-refractivity contribution is 4.82. The Labute approximate surface area is 60.9 Å². The summed E-state index contributed by atoms with van der Waals surface area (Å²) < 4.78 is 17.9. The monoisotopic (exact) mass is 147 g/mol. The van der Waals surface area contributed by atoms with Crippen molar-refractivity contribution in [3.05, 3.63) is 0 Å². The first-order valence-corrected chi connectivity index (χ1v) is 3.62. The van der Waals surface area contributed by atoms with Gasteiger partial charge in [0.25, 0.3) is 0 Å². The lowest BCUT2D eigenvalue weighted by Crippen LogP contribution is -2.43. The molecule has 1 heterocycles. The Kier molecular flexibility index (Phi) is 2.26. The van der Waals surface area contributed by atoms with Gasteiger partial charge in [-0.3, -0.25) is 0 Å². The highest BCUT2D eigenvalue weighted by Crippen LogP contribution is 2.25. The standard InChI is InChI=1S/C7H14FNO/c1-7(9(2)8)3-5-10-6-4-7/h3-6H2,1-2H3. The SMILES string of the molecule is CN(F)C1(C)CCOCC1. The van der Waals surface area contributed by atoms with E-state index in [9.17, 15) is 4.48 Å². The quantitative estimate of drug-likeness (QED) is 0.519. The molecule has 0 aliphatic carbocycles. The van der Waals surface area contributed by atoms with Crippen LogP contribution in [-0.2, 0) is 4.74 Å². The van der Waals surface area contributed by atoms with Gasteiger partial charge in [0, 0.05) is 20.3 Å². The van der Waals surface area contributed by atoms with E-state index in [1.807, 2.05) is 6.92 Å². The molecule has 0 amide bonds. The van der Waals surface area contributed by atoms with Crippen molar-refractivity contribution in [2.24, 2.45) is 0 Å². The predicted octanol–water partition coefficient (Wildman–Crippen LogP) is 1.37. The van der Waals surface area contributed by atoms with Crippen LogP contribution in [0.5, 0.6) is 0 Å². The van der Waals surface area contributed by atoms with Crippen LogP contribution in [0.4, 0.5) is 4.48 Å². The van der Waals surface area contributed by atoms with Crippen LogP contribution in [-0.4, -0.2) is 30.9 Å². The van der Waals surface area contributed by atoms with Gasteiger partial charge in [0.2, 0.25) is 0 Å². The number of nitrogens with zero attached hydrogens (tertiary/aromatic N) is 1. The molecule has 1 fully saturated rings. The van der Waals surface area contributed by atoms with Gasteiger partial charge in [0.05, 0.1) is 5.54 Å². The minimum Gasteiger partial charge on any atom is -0.381 e. The van der Waals surface area contributed by atoms with E-state index >= 15 is 0 Å². The highest BCUT2D eigenvalue weighted by atomic mass is 19.2. The predicted molar refractivity (Wildman–Crippen MR) is 37.3 cm³/mol. The second-order valence-electron chi connectivity index (χ2n) is 3.09. The molecule has 0 radical (unpaired) electrons. The zero-order valence-electron chi connectivity index (χ0n) is 6.56. The van der Waals surface area contributed by atoms with Gasteiger partial charge in [-0.1, -0.05) is 0 Å². The van der Waals surface area contributed by atoms with Crippen LogP contribution in [0.2, 0.25) is 0 Å². The van der Waals surface area contributed by atoms with Gasteiger partial charge in [-0.15, -0.1) is 9.60 Å². The Hall–Kier alpha value is -0.150. The summed E-state index contributed by atoms with van der Waals surface area (Å²) in [7, 11) is 1.48. The lowest BCUT2D eigenvalue weighted by atomic mass is 9.93. The zero-order chi connectivity index (χ0) is 7.61. The van der Waals surface area contributed by atoms with Gasteiger partial charge >= 0.3 is 0 Å². The van der Waals surface area contributed by atoms with Crippen LogP contribution in [0.3, 0.4) is 0 Å². The van der Waals surface area contributed by atoms with E-state index in [0.717, 1.165) is 18.0 Å². The smallest absolute Gasteiger partial charge is 0.0525 e. The van der Waals surface area contributed by atoms with Gasteiger partial charge in [-0.05, 0) is 19.8 Å². The molecule has 1 aliphatic rings. The van der Waals surface area contributed by atoms with Gasteiger partial charge in [-0.2, -0.15) is 0 Å². The zero-order valence-corrected chi connectivity index (χ0v) is 6.56. The van der Waals surface area contributed by atoms with E-state index in [-0.39, 0.29) is 5.54 Å². The fourth-order valence-corrected chi connectivity index (χ4v) is 1.12. The summed E-state index contributed by atoms with van der Waals surface area (Å²) in [6.07, 6.45) is 1.58. The largest absolute Gasteiger partial charge is 0.381 e. The van der Waals surface area contributed by atoms with Gasteiger partial charge < -0.3 is 4.74 Å². The molecule has 1 rings (SSSR count). The number of halogens is 1. The van der Waals surface area contributed by atoms with Crippen LogP contribution in [0, 0.1) is 0 Å². The topological polar surface area (TPSA) is 12.5 Å². The van der Waals surface area contributed by atoms with Crippen molar-refractivity contribution in [3.63, 3.8) is 0 Å². The lowest BCUT2D eigenvalue weighted by molar-refractivity contribution is -0.101. The first kappa shape index (κ1) is 7.95. The van der Waals surface area contributed by atoms with E-state index < -0.39 is 0 Å². The van der Waals surface area contributed by atoms with Crippen molar-refractivity contribution in [2.45, 2.75) is 25.3 Å². The van der Waals surface area contributed by atoms with Crippen molar-refractivity contribution >= 4 is 0 Å². The Morgan fingerprint density at radius 1 is 1.40 bits per heavy atom. The van der Waals surface area contributed by atoms with E-state index in [4.69, 9.17) is 4.74 Å². The highest BCUT2D eigenvalue weighted by Gasteiger charge is 2.31. The molecule has 1 aliphatic heterocycles. The van der Waals surface area contributed by atoms with Crippen molar-refractivity contribution in [2.75, 3.05) is 20.3 Å². The van der Waals surface area contributed by atoms with Crippen LogP contribution >= 0.6 is 0 Å². The van der Waals surface area contributed by atoms with Gasteiger partial charge in [0.1, 0.15) is 0 Å². The summed E-state index contributed by atoms with van der Waals surface area (Å²) in [5, 5.41) is 0.801. The normalized spacial score (nSPS) is 25.2. The molecule has 60 valence electrons. The summed E-state index contributed by atoms with van der Waals surface area (Å²) in [5.74, 6) is 0. The molecule has 0 saturated carbocycles. The summed E-state index contributed by atoms with van der Waals surface area (Å²) >= 11 is 0. The maximum Gasteiger partial charge on any atom is 0.0525 e. The van der Waals surface area contributed by atoms with Crippen molar-refractivity contribution in [1.82, 2.24) is 5.12 Å². The molecule has 1 saturated heterocycles. The van der Waals surface area contributed by atoms with Gasteiger partial charge in [0.15, 0.2) is 0 Å². The summed E-state index contributed by atoms with van der Waals surface area (Å²) in [6, 6.07) is 0. The number of ether oxygens (including phenoxy) is 1. The Morgan fingerprint density at radius 3 is 2.20 bits per heavy atom. The first-order valence-electron chi connectivity index (χ1n) is 3.62. The molecule has 0 bridgehead atoms. The van der Waals surface area contributed by atoms with E-state index in [1.165, 1.54) is 7.05 Å². The van der Waals surface area contributed by atoms with E-state index in [0.29, 0.717) is 13.2 Å². The molecule has 3 heteroatoms. The molecule has 0 aromatic carbocycles. The molecule has 10 heavy (non-hydrogen) atoms. The molecule has 0 aromatic rings. The maximum atomic E-state index is 12.7. The molecule has 0 spiro atoms. The van der Waals surface area contributed by atoms with Crippen LogP contribution in [0.1, 0.15) is 19.8 Å². The average molecular weight is 147 g/mol. The Balaban J connectivity index is 2.48. The van der Waals surface area contributed by atoms with Crippen molar-refractivity contribution in [3.8, 4) is 0 Å². The van der Waals surface area contributed by atoms with Crippen molar-refractivity contribution in [1.29, 1.82) is 0 Å². The fourth-order valence-electron chi connectivity index (χ4n) is 1.12. The molecule has 2 nitrogen and oxygen atoms in total. The molecular formula is C7H14FNO. The summed E-state index contributed by atoms with van der Waals surface area (Å²) in [6.45, 7) is 3.30. The molecular weight excluding hydrogens is 133 g/mol. The second kappa shape index (κ2) is 2.84. The second-order valence-corrected chi connectivity index (χ2v) is 3.09. The lowest BCUT2D eigenvalue weighted by Gasteiger charge is -2.35. The maximum absolute atomic E-state index is 12.7. The van der Waals surface area contributed by atoms with Crippen LogP contribution in [0.25, 0.3) is 0 Å². The third-order valence-corrected chi connectivity index (χ3v) is 2.31. The molecule has 0 atom stereocenters. The minimum atomic E-state index is -0.280. The number of hydrogen-bond acceptors (Lipinski definition) is 2. The van der Waals surface area contributed by atoms with Gasteiger partial charge in [-0.25, -0.2) is 0 Å². The Morgan fingerprint density at radius 2 is 1.90 bits per heavy atom.